The normalized spacial score (nSPS) is 12.7. The minimum atomic E-state index is -5.08. The van der Waals surface area contributed by atoms with Gasteiger partial charge < -0.3 is 20.1 Å². The van der Waals surface area contributed by atoms with Crippen LogP contribution in [0.3, 0.4) is 0 Å². The molecule has 0 aliphatic rings. The fourth-order valence-corrected chi connectivity index (χ4v) is 7.38. The summed E-state index contributed by atoms with van der Waals surface area (Å²) in [6.07, 6.45) is -5.08. The Morgan fingerprint density at radius 1 is 1.20 bits per heavy atom. The molecule has 198 valence electrons. The number of aliphatic carboxylic acids is 1. The van der Waals surface area contributed by atoms with E-state index < -0.39 is 22.2 Å². The first-order valence-corrected chi connectivity index (χ1v) is 13.7. The van der Waals surface area contributed by atoms with E-state index in [2.05, 4.69) is 46.8 Å². The molecule has 0 aliphatic heterocycles. The van der Waals surface area contributed by atoms with Gasteiger partial charge in [-0.3, -0.25) is 0 Å². The van der Waals surface area contributed by atoms with E-state index in [0.29, 0.717) is 15.6 Å². The highest BCUT2D eigenvalue weighted by atomic mass is 79.9. The van der Waals surface area contributed by atoms with Crippen LogP contribution in [0.1, 0.15) is 16.7 Å². The van der Waals surface area contributed by atoms with Crippen LogP contribution in [0.15, 0.2) is 38.1 Å². The zero-order valence-corrected chi connectivity index (χ0v) is 24.0. The highest BCUT2D eigenvalue weighted by molar-refractivity contribution is 9.11. The number of hydrogen-bond donors (Lipinski definition) is 3. The number of sulfonamides is 1. The zero-order chi connectivity index (χ0) is 27.0. The Hall–Kier alpha value is -1.23. The molecule has 35 heavy (non-hydrogen) atoms. The predicted octanol–water partition coefficient (Wildman–Crippen LogP) is 4.89. The van der Waals surface area contributed by atoms with Crippen LogP contribution in [0.25, 0.3) is 0 Å². The summed E-state index contributed by atoms with van der Waals surface area (Å²) in [5.74, 6) is -2.76. The number of nitrogens with zero attached hydrogens (tertiary/aromatic N) is 1. The van der Waals surface area contributed by atoms with E-state index >= 15 is 0 Å². The average molecular weight is 669 g/mol. The van der Waals surface area contributed by atoms with Crippen LogP contribution in [0.5, 0.6) is 0 Å². The molecule has 1 aromatic carbocycles. The first kappa shape index (κ1) is 31.8. The molecule has 2 aromatic rings. The Balaban J connectivity index is 0.000000762. The molecule has 0 fully saturated rings. The minimum absolute atomic E-state index is 0.0968. The van der Waals surface area contributed by atoms with Gasteiger partial charge in [0.05, 0.1) is 6.61 Å². The average Bonchev–Trinajstić information content (AvgIpc) is 3.12. The highest BCUT2D eigenvalue weighted by Gasteiger charge is 2.38. The van der Waals surface area contributed by atoms with Gasteiger partial charge in [-0.25, -0.2) is 17.9 Å². The van der Waals surface area contributed by atoms with E-state index in [0.717, 1.165) is 17.1 Å². The van der Waals surface area contributed by atoms with Gasteiger partial charge in [0.25, 0.3) is 0 Å². The smallest absolute Gasteiger partial charge is 0.475 e. The minimum Gasteiger partial charge on any atom is -0.475 e. The molecule has 1 aromatic heterocycles. The third-order valence-electron chi connectivity index (χ3n) is 3.97. The number of alkyl halides is 3. The first-order valence-electron chi connectivity index (χ1n) is 9.83. The van der Waals surface area contributed by atoms with Crippen molar-refractivity contribution in [1.82, 2.24) is 9.62 Å². The van der Waals surface area contributed by atoms with Gasteiger partial charge in [-0.1, -0.05) is 0 Å². The van der Waals surface area contributed by atoms with Crippen LogP contribution < -0.4 is 10.0 Å². The van der Waals surface area contributed by atoms with E-state index in [4.69, 9.17) is 14.6 Å². The van der Waals surface area contributed by atoms with Crippen LogP contribution in [-0.2, 0) is 32.6 Å². The van der Waals surface area contributed by atoms with Gasteiger partial charge in [0.2, 0.25) is 10.0 Å². The number of ether oxygens (including phenoxy) is 1. The molecule has 0 spiro atoms. The van der Waals surface area contributed by atoms with Crippen molar-refractivity contribution in [2.24, 2.45) is 0 Å². The fourth-order valence-electron chi connectivity index (χ4n) is 2.63. The van der Waals surface area contributed by atoms with Crippen molar-refractivity contribution < 1.29 is 36.2 Å². The Morgan fingerprint density at radius 2 is 1.71 bits per heavy atom. The summed E-state index contributed by atoms with van der Waals surface area (Å²) in [6, 6.07) is 7.60. The number of rotatable bonds is 10. The molecular formula is C20H26Br2F3N3O5S2. The van der Waals surface area contributed by atoms with Gasteiger partial charge in [-0.15, -0.1) is 11.3 Å². The Labute approximate surface area is 223 Å². The summed E-state index contributed by atoms with van der Waals surface area (Å²) in [5, 5.41) is 10.4. The zero-order valence-electron chi connectivity index (χ0n) is 19.2. The summed E-state index contributed by atoms with van der Waals surface area (Å²) in [7, 11) is 1.96. The Morgan fingerprint density at radius 3 is 2.17 bits per heavy atom. The highest BCUT2D eigenvalue weighted by Crippen LogP contribution is 2.34. The number of nitrogens with one attached hydrogen (secondary N) is 2. The third-order valence-corrected chi connectivity index (χ3v) is 8.31. The van der Waals surface area contributed by atoms with E-state index in [9.17, 15) is 21.6 Å². The molecule has 0 bridgehead atoms. The summed E-state index contributed by atoms with van der Waals surface area (Å²) < 4.78 is 66.2. The lowest BCUT2D eigenvalue weighted by atomic mass is 10.3. The van der Waals surface area contributed by atoms with E-state index in [1.54, 1.807) is 30.6 Å². The largest absolute Gasteiger partial charge is 0.490 e. The lowest BCUT2D eigenvalue weighted by Crippen LogP contribution is -2.24. The second-order valence-electron chi connectivity index (χ2n) is 7.50. The standard InChI is InChI=1S/C18H25Br2N3O3S2.C2HF3O2/c1-12(11-26-4)22-13-7-16(19)18(17(20)8-13)28(24,25)21-9-14-5-6-15(27-14)10-23(2)3;3-2(4,5)1(6)7/h5-8,12,21-22H,9-11H2,1-4H3;(H,6,7)/t12-;/m1./s1. The van der Waals surface area contributed by atoms with Gasteiger partial charge in [0.15, 0.2) is 0 Å². The van der Waals surface area contributed by atoms with E-state index in [1.807, 2.05) is 33.2 Å². The van der Waals surface area contributed by atoms with Crippen molar-refractivity contribution in [3.63, 3.8) is 0 Å². The lowest BCUT2D eigenvalue weighted by Gasteiger charge is -2.17. The molecular weight excluding hydrogens is 643 g/mol. The van der Waals surface area contributed by atoms with Crippen molar-refractivity contribution in [2.75, 3.05) is 33.1 Å². The molecule has 0 aliphatic carbocycles. The number of carboxylic acids is 1. The van der Waals surface area contributed by atoms with Crippen LogP contribution >= 0.6 is 43.2 Å². The number of hydrogen-bond acceptors (Lipinski definition) is 7. The quantitative estimate of drug-likeness (QED) is 0.331. The van der Waals surface area contributed by atoms with Crippen LogP contribution in [0.4, 0.5) is 18.9 Å². The van der Waals surface area contributed by atoms with Gasteiger partial charge in [0.1, 0.15) is 4.90 Å². The third kappa shape index (κ3) is 11.1. The number of thiophene rings is 1. The fraction of sp³-hybridized carbons (Fsp3) is 0.450. The predicted molar refractivity (Wildman–Crippen MR) is 136 cm³/mol. The Bertz CT molecular complexity index is 1070. The SMILES string of the molecule is COC[C@@H](C)Nc1cc(Br)c(S(=O)(=O)NCc2ccc(CN(C)C)s2)c(Br)c1.O=C(O)C(F)(F)F. The first-order chi connectivity index (χ1) is 16.1. The van der Waals surface area contributed by atoms with Crippen LogP contribution in [0.2, 0.25) is 0 Å². The summed E-state index contributed by atoms with van der Waals surface area (Å²) >= 11 is 8.40. The number of methoxy groups -OCH3 is 1. The second-order valence-corrected chi connectivity index (χ2v) is 12.2. The van der Waals surface area contributed by atoms with Crippen molar-refractivity contribution >= 4 is 64.9 Å². The molecule has 0 saturated carbocycles. The molecule has 1 heterocycles. The van der Waals surface area contributed by atoms with Crippen molar-refractivity contribution in [1.29, 1.82) is 0 Å². The summed E-state index contributed by atoms with van der Waals surface area (Å²) in [5.41, 5.74) is 0.800. The molecule has 1 atom stereocenters. The van der Waals surface area contributed by atoms with E-state index in [-0.39, 0.29) is 17.5 Å². The van der Waals surface area contributed by atoms with Crippen LogP contribution in [0, 0.1) is 0 Å². The van der Waals surface area contributed by atoms with Gasteiger partial charge in [-0.05, 0) is 77.1 Å². The number of anilines is 1. The number of halogens is 5. The monoisotopic (exact) mass is 667 g/mol. The summed E-state index contributed by atoms with van der Waals surface area (Å²) in [4.78, 5) is 13.3. The number of carboxylic acid groups (broad SMARTS) is 1. The maximum Gasteiger partial charge on any atom is 0.490 e. The molecule has 15 heteroatoms. The van der Waals surface area contributed by atoms with Crippen molar-refractivity contribution in [3.8, 4) is 0 Å². The molecule has 0 radical (unpaired) electrons. The summed E-state index contributed by atoms with van der Waals surface area (Å²) in [6.45, 7) is 3.63. The van der Waals surface area contributed by atoms with Crippen LogP contribution in [-0.4, -0.2) is 64.4 Å². The van der Waals surface area contributed by atoms with E-state index in [1.165, 1.54) is 4.88 Å². The second kappa shape index (κ2) is 13.9. The molecule has 3 N–H and O–H groups in total. The molecule has 0 saturated heterocycles. The number of carbonyl (C=O) groups is 1. The van der Waals surface area contributed by atoms with Crippen molar-refractivity contribution in [2.45, 2.75) is 37.1 Å². The Kier molecular flexibility index (Phi) is 12.6. The maximum atomic E-state index is 12.9. The lowest BCUT2D eigenvalue weighted by molar-refractivity contribution is -0.192. The maximum absolute atomic E-state index is 12.9. The topological polar surface area (TPSA) is 108 Å². The molecule has 0 unspecified atom stereocenters. The van der Waals surface area contributed by atoms with Gasteiger partial charge >= 0.3 is 12.1 Å². The van der Waals surface area contributed by atoms with Crippen molar-refractivity contribution in [3.05, 3.63) is 43.0 Å². The van der Waals surface area contributed by atoms with Gasteiger partial charge in [-0.2, -0.15) is 13.2 Å². The number of benzene rings is 1. The molecule has 2 rings (SSSR count). The molecule has 0 amide bonds. The van der Waals surface area contributed by atoms with Gasteiger partial charge in [0, 0.05) is 50.6 Å². The molecule has 8 nitrogen and oxygen atoms in total.